The van der Waals surface area contributed by atoms with E-state index in [0.29, 0.717) is 5.78 Å². The second kappa shape index (κ2) is 7.11. The summed E-state index contributed by atoms with van der Waals surface area (Å²) in [7, 11) is 0. The summed E-state index contributed by atoms with van der Waals surface area (Å²) in [5.41, 5.74) is 10.4. The number of nitrogens with zero attached hydrogens (tertiary/aromatic N) is 4. The summed E-state index contributed by atoms with van der Waals surface area (Å²) >= 11 is 0. The molecule has 0 fully saturated rings. The van der Waals surface area contributed by atoms with Gasteiger partial charge < -0.3 is 11.1 Å². The van der Waals surface area contributed by atoms with E-state index in [9.17, 15) is 4.79 Å². The lowest BCUT2D eigenvalue weighted by atomic mass is 10.0. The number of amides is 1. The SMILES string of the molecule is CCc1ccc([C@H](C)NC(=O)Cc2c(C)nc3nc(N)nn3c2C)cc1. The van der Waals surface area contributed by atoms with Crippen molar-refractivity contribution in [3.05, 3.63) is 52.3 Å². The van der Waals surface area contributed by atoms with Crippen molar-refractivity contribution in [1.29, 1.82) is 0 Å². The highest BCUT2D eigenvalue weighted by Gasteiger charge is 2.17. The zero-order valence-electron chi connectivity index (χ0n) is 15.6. The maximum Gasteiger partial charge on any atom is 0.254 e. The van der Waals surface area contributed by atoms with Crippen LogP contribution in [0.5, 0.6) is 0 Å². The molecule has 3 aromatic rings. The molecule has 3 rings (SSSR count). The van der Waals surface area contributed by atoms with Gasteiger partial charge in [0.05, 0.1) is 12.5 Å². The number of nitrogen functional groups attached to an aromatic ring is 1. The molecule has 136 valence electrons. The molecule has 2 aromatic heterocycles. The van der Waals surface area contributed by atoms with Gasteiger partial charge in [-0.05, 0) is 38.3 Å². The van der Waals surface area contributed by atoms with Crippen molar-refractivity contribution >= 4 is 17.6 Å². The minimum atomic E-state index is -0.0623. The minimum Gasteiger partial charge on any atom is -0.366 e. The smallest absolute Gasteiger partial charge is 0.254 e. The number of hydrogen-bond acceptors (Lipinski definition) is 5. The van der Waals surface area contributed by atoms with Crippen LogP contribution in [0.2, 0.25) is 0 Å². The molecule has 0 unspecified atom stereocenters. The molecular formula is C19H24N6O. The number of carbonyl (C=O) groups is 1. The Hall–Kier alpha value is -2.96. The monoisotopic (exact) mass is 352 g/mol. The fourth-order valence-electron chi connectivity index (χ4n) is 3.06. The van der Waals surface area contributed by atoms with Crippen LogP contribution >= 0.6 is 0 Å². The van der Waals surface area contributed by atoms with Crippen molar-refractivity contribution in [2.45, 2.75) is 46.6 Å². The molecule has 0 spiro atoms. The highest BCUT2D eigenvalue weighted by Crippen LogP contribution is 2.17. The van der Waals surface area contributed by atoms with E-state index in [0.717, 1.165) is 28.9 Å². The van der Waals surface area contributed by atoms with Crippen molar-refractivity contribution in [1.82, 2.24) is 24.9 Å². The number of aryl methyl sites for hydroxylation is 3. The fourth-order valence-corrected chi connectivity index (χ4v) is 3.06. The Bertz CT molecular complexity index is 945. The number of nitrogens with two attached hydrogens (primary N) is 1. The fraction of sp³-hybridized carbons (Fsp3) is 0.368. The van der Waals surface area contributed by atoms with Crippen LogP contribution in [0.1, 0.15) is 48.0 Å². The molecule has 0 aliphatic rings. The standard InChI is InChI=1S/C19H24N6O/c1-5-14-6-8-15(9-7-14)11(2)21-17(26)10-16-12(3)22-19-23-18(20)24-25(19)13(16)4/h6-9,11H,5,10H2,1-4H3,(H2,20,24)(H,21,26)/t11-/m0/s1. The van der Waals surface area contributed by atoms with Gasteiger partial charge in [-0.15, -0.1) is 5.10 Å². The van der Waals surface area contributed by atoms with E-state index in [1.807, 2.05) is 20.8 Å². The first-order valence-electron chi connectivity index (χ1n) is 8.75. The lowest BCUT2D eigenvalue weighted by Gasteiger charge is -2.16. The van der Waals surface area contributed by atoms with Crippen LogP contribution in [0.25, 0.3) is 5.78 Å². The van der Waals surface area contributed by atoms with Gasteiger partial charge in [0.1, 0.15) is 0 Å². The number of carbonyl (C=O) groups excluding carboxylic acids is 1. The number of rotatable bonds is 5. The van der Waals surface area contributed by atoms with Gasteiger partial charge in [-0.1, -0.05) is 31.2 Å². The van der Waals surface area contributed by atoms with Crippen LogP contribution < -0.4 is 11.1 Å². The van der Waals surface area contributed by atoms with Crippen LogP contribution in [0.3, 0.4) is 0 Å². The molecule has 0 aliphatic heterocycles. The molecule has 0 saturated carbocycles. The predicted octanol–water partition coefficient (Wildman–Crippen LogP) is 2.31. The van der Waals surface area contributed by atoms with Gasteiger partial charge in [0.15, 0.2) is 0 Å². The van der Waals surface area contributed by atoms with Crippen molar-refractivity contribution in [2.75, 3.05) is 5.73 Å². The maximum atomic E-state index is 12.6. The summed E-state index contributed by atoms with van der Waals surface area (Å²) in [5, 5.41) is 7.19. The molecule has 0 saturated heterocycles. The summed E-state index contributed by atoms with van der Waals surface area (Å²) in [4.78, 5) is 21.0. The zero-order valence-corrected chi connectivity index (χ0v) is 15.6. The first-order chi connectivity index (χ1) is 12.4. The van der Waals surface area contributed by atoms with Gasteiger partial charge >= 0.3 is 0 Å². The largest absolute Gasteiger partial charge is 0.366 e. The Morgan fingerprint density at radius 1 is 1.23 bits per heavy atom. The molecule has 1 aromatic carbocycles. The molecule has 0 radical (unpaired) electrons. The average Bonchev–Trinajstić information content (AvgIpc) is 2.99. The van der Waals surface area contributed by atoms with Crippen molar-refractivity contribution in [3.8, 4) is 0 Å². The van der Waals surface area contributed by atoms with Crippen molar-refractivity contribution in [3.63, 3.8) is 0 Å². The maximum absolute atomic E-state index is 12.6. The molecule has 1 amide bonds. The summed E-state index contributed by atoms with van der Waals surface area (Å²) in [6.45, 7) is 7.87. The van der Waals surface area contributed by atoms with E-state index >= 15 is 0 Å². The molecule has 7 heteroatoms. The minimum absolute atomic E-state index is 0.0579. The van der Waals surface area contributed by atoms with Gasteiger partial charge in [0, 0.05) is 17.0 Å². The Morgan fingerprint density at radius 2 is 1.92 bits per heavy atom. The molecule has 0 bridgehead atoms. The van der Waals surface area contributed by atoms with Gasteiger partial charge in [-0.3, -0.25) is 4.79 Å². The van der Waals surface area contributed by atoms with Gasteiger partial charge in [0.25, 0.3) is 5.78 Å². The molecule has 7 nitrogen and oxygen atoms in total. The quantitative estimate of drug-likeness (QED) is 0.734. The van der Waals surface area contributed by atoms with Gasteiger partial charge in [0.2, 0.25) is 11.9 Å². The summed E-state index contributed by atoms with van der Waals surface area (Å²) in [5.74, 6) is 0.564. The number of fused-ring (bicyclic) bond motifs is 1. The highest BCUT2D eigenvalue weighted by atomic mass is 16.1. The Labute approximate surface area is 152 Å². The molecule has 0 aliphatic carbocycles. The third-order valence-electron chi connectivity index (χ3n) is 4.67. The lowest BCUT2D eigenvalue weighted by Crippen LogP contribution is -2.29. The van der Waals surface area contributed by atoms with Crippen LogP contribution in [0.15, 0.2) is 24.3 Å². The van der Waals surface area contributed by atoms with Crippen molar-refractivity contribution < 1.29 is 4.79 Å². The van der Waals surface area contributed by atoms with Crippen molar-refractivity contribution in [2.24, 2.45) is 0 Å². The number of anilines is 1. The summed E-state index contributed by atoms with van der Waals surface area (Å²) in [6.07, 6.45) is 1.24. The van der Waals surface area contributed by atoms with E-state index in [1.54, 1.807) is 4.52 Å². The highest BCUT2D eigenvalue weighted by molar-refractivity contribution is 5.79. The van der Waals surface area contributed by atoms with E-state index < -0.39 is 0 Å². The molecular weight excluding hydrogens is 328 g/mol. The zero-order chi connectivity index (χ0) is 18.8. The van der Waals surface area contributed by atoms with E-state index in [-0.39, 0.29) is 24.3 Å². The van der Waals surface area contributed by atoms with Crippen LogP contribution in [0.4, 0.5) is 5.95 Å². The second-order valence-electron chi connectivity index (χ2n) is 6.50. The number of benzene rings is 1. The van der Waals surface area contributed by atoms with E-state index in [1.165, 1.54) is 5.56 Å². The number of nitrogens with one attached hydrogen (secondary N) is 1. The number of aromatic nitrogens is 4. The van der Waals surface area contributed by atoms with E-state index in [4.69, 9.17) is 5.73 Å². The Balaban J connectivity index is 1.76. The summed E-state index contributed by atoms with van der Waals surface area (Å²) in [6, 6.07) is 8.25. The first-order valence-corrected chi connectivity index (χ1v) is 8.75. The third kappa shape index (κ3) is 3.51. The summed E-state index contributed by atoms with van der Waals surface area (Å²) < 4.78 is 1.58. The Kier molecular flexibility index (Phi) is 4.88. The first kappa shape index (κ1) is 17.8. The van der Waals surface area contributed by atoms with E-state index in [2.05, 4.69) is 51.6 Å². The normalized spacial score (nSPS) is 12.3. The predicted molar refractivity (Wildman–Crippen MR) is 101 cm³/mol. The second-order valence-corrected chi connectivity index (χ2v) is 6.50. The molecule has 26 heavy (non-hydrogen) atoms. The topological polar surface area (TPSA) is 98.2 Å². The Morgan fingerprint density at radius 3 is 2.58 bits per heavy atom. The molecule has 3 N–H and O–H groups in total. The lowest BCUT2D eigenvalue weighted by molar-refractivity contribution is -0.121. The number of hydrogen-bond donors (Lipinski definition) is 2. The van der Waals surface area contributed by atoms with Crippen LogP contribution in [-0.4, -0.2) is 25.5 Å². The third-order valence-corrected chi connectivity index (χ3v) is 4.67. The van der Waals surface area contributed by atoms with Gasteiger partial charge in [-0.2, -0.15) is 9.50 Å². The average molecular weight is 352 g/mol. The molecule has 1 atom stereocenters. The van der Waals surface area contributed by atoms with Gasteiger partial charge in [-0.25, -0.2) is 4.98 Å². The van der Waals surface area contributed by atoms with Crippen LogP contribution in [-0.2, 0) is 17.6 Å². The molecule has 2 heterocycles. The van der Waals surface area contributed by atoms with Crippen LogP contribution in [0, 0.1) is 13.8 Å².